The van der Waals surface area contributed by atoms with Crippen molar-refractivity contribution in [1.29, 1.82) is 0 Å². The monoisotopic (exact) mass is 754 g/mol. The van der Waals surface area contributed by atoms with Gasteiger partial charge in [-0.15, -0.1) is 0 Å². The molecule has 0 saturated heterocycles. The van der Waals surface area contributed by atoms with Crippen LogP contribution in [0.5, 0.6) is 0 Å². The van der Waals surface area contributed by atoms with Crippen LogP contribution in [0.3, 0.4) is 0 Å². The van der Waals surface area contributed by atoms with Crippen LogP contribution in [0.1, 0.15) is 69.2 Å². The molecule has 2 N–H and O–H groups in total. The van der Waals surface area contributed by atoms with Crippen LogP contribution in [0.4, 0.5) is 0 Å². The highest BCUT2D eigenvalue weighted by molar-refractivity contribution is 7.79. The number of rotatable bonds is 16. The van der Waals surface area contributed by atoms with E-state index in [0.717, 1.165) is 0 Å². The first-order valence-corrected chi connectivity index (χ1v) is 21.2. The molecule has 0 heterocycles. The van der Waals surface area contributed by atoms with Crippen LogP contribution in [0.2, 0.25) is 0 Å². The van der Waals surface area contributed by atoms with Crippen LogP contribution in [0.25, 0.3) is 0 Å². The largest absolute Gasteiger partial charge is 0.380 e. The number of ketones is 3. The van der Waals surface area contributed by atoms with E-state index in [0.29, 0.717) is 21.2 Å². The Morgan fingerprint density at radius 2 is 0.648 bits per heavy atom. The topological polar surface area (TPSA) is 126 Å². The Kier molecular flexibility index (Phi) is 12.3. The molecule has 272 valence electrons. The zero-order chi connectivity index (χ0) is 38.1. The number of Topliss-reactive ketones (excluding diaryl/α,β-unsaturated/α-hetero) is 3. The Bertz CT molecular complexity index is 2080. The van der Waals surface area contributed by atoms with Gasteiger partial charge in [-0.05, 0) is 11.1 Å². The third-order valence-corrected chi connectivity index (χ3v) is 15.8. The van der Waals surface area contributed by atoms with Crippen molar-refractivity contribution < 1.29 is 33.7 Å². The molecule has 7 nitrogen and oxygen atoms in total. The van der Waals surface area contributed by atoms with Gasteiger partial charge in [0, 0.05) is 58.0 Å². The average molecular weight is 755 g/mol. The number of hydrogen-bond acceptors (Lipinski definition) is 7. The van der Waals surface area contributed by atoms with E-state index in [9.17, 15) is 33.7 Å². The molecule has 0 fully saturated rings. The summed E-state index contributed by atoms with van der Waals surface area (Å²) >= 11 is 0. The van der Waals surface area contributed by atoms with Gasteiger partial charge in [0.25, 0.3) is 0 Å². The number of carbonyl (C=O) groups is 3. The molecule has 9 heteroatoms. The minimum Gasteiger partial charge on any atom is -0.380 e. The molecule has 54 heavy (non-hydrogen) atoms. The van der Waals surface area contributed by atoms with E-state index in [1.54, 1.807) is 170 Å². The Labute approximate surface area is 315 Å². The zero-order valence-corrected chi connectivity index (χ0v) is 31.3. The van der Waals surface area contributed by atoms with Gasteiger partial charge in [0.15, 0.2) is 25.9 Å². The smallest absolute Gasteiger partial charge is 0.174 e. The molecule has 0 saturated carbocycles. The van der Waals surface area contributed by atoms with Gasteiger partial charge in [-0.25, -0.2) is 0 Å². The fourth-order valence-corrected chi connectivity index (χ4v) is 12.1. The maximum absolute atomic E-state index is 14.8. The molecule has 2 unspecified atom stereocenters. The zero-order valence-electron chi connectivity index (χ0n) is 29.5. The van der Waals surface area contributed by atoms with Crippen molar-refractivity contribution >= 4 is 52.9 Å². The molecule has 6 aromatic carbocycles. The van der Waals surface area contributed by atoms with Crippen molar-refractivity contribution in [2.75, 3.05) is 0 Å². The molecule has 0 amide bonds. The summed E-state index contributed by atoms with van der Waals surface area (Å²) in [6.45, 7) is 0. The second kappa shape index (κ2) is 17.2. The molecular weight excluding hydrogens is 714 g/mol. The summed E-state index contributed by atoms with van der Waals surface area (Å²) in [6.07, 6.45) is -0.644. The van der Waals surface area contributed by atoms with Crippen molar-refractivity contribution in [3.05, 3.63) is 192 Å². The number of hydrogen-bond donors (Lipinski definition) is 2. The lowest BCUT2D eigenvalue weighted by Crippen LogP contribution is -2.22. The van der Waals surface area contributed by atoms with E-state index in [1.807, 2.05) is 0 Å². The lowest BCUT2D eigenvalue weighted by molar-refractivity contribution is -0.119. The van der Waals surface area contributed by atoms with E-state index in [2.05, 4.69) is 0 Å². The molecule has 6 rings (SSSR count). The fourth-order valence-electron chi connectivity index (χ4n) is 6.70. The van der Waals surface area contributed by atoms with Gasteiger partial charge in [-0.2, -0.15) is 0 Å². The van der Waals surface area contributed by atoms with Crippen LogP contribution in [0.15, 0.2) is 170 Å². The summed E-state index contributed by atoms with van der Waals surface area (Å²) in [5.74, 6) is -4.16. The molecule has 0 aliphatic carbocycles. The average Bonchev–Trinajstić information content (AvgIpc) is 3.24. The summed E-state index contributed by atoms with van der Waals surface area (Å²) in [5.41, 5.74) is 0.759. The van der Waals surface area contributed by atoms with Gasteiger partial charge in [0.05, 0.1) is 0 Å². The second-order valence-corrected chi connectivity index (χ2v) is 18.6. The quantitative estimate of drug-likeness (QED) is 0.0761. The third-order valence-electron chi connectivity index (χ3n) is 9.59. The van der Waals surface area contributed by atoms with Gasteiger partial charge < -0.3 is 19.3 Å². The number of aliphatic hydroxyl groups excluding tert-OH is 2. The summed E-state index contributed by atoms with van der Waals surface area (Å²) in [7, 11) is -7.37. The standard InChI is InChI=1S/C45H40O7P2/c46-33(29-31-42(47)38-25-13-15-27-40(38)44(49)53(51,34-17-5-1-6-18-34)35-19-7-2-8-20-35)30-32-43(48)39-26-14-16-28-41(39)45(50)54(52,36-21-9-3-10-22-36)37-23-11-4-12-24-37/h1-28,44-45,49-50H,29-32H2. The molecule has 0 aliphatic heterocycles. The normalized spacial score (nSPS) is 12.8. The molecule has 2 atom stereocenters. The molecule has 0 radical (unpaired) electrons. The third kappa shape index (κ3) is 7.96. The van der Waals surface area contributed by atoms with Crippen LogP contribution in [0, 0.1) is 0 Å². The summed E-state index contributed by atoms with van der Waals surface area (Å²) < 4.78 is 29.6. The summed E-state index contributed by atoms with van der Waals surface area (Å²) in [5, 5.41) is 25.4. The first kappa shape index (κ1) is 38.4. The van der Waals surface area contributed by atoms with Gasteiger partial charge >= 0.3 is 0 Å². The van der Waals surface area contributed by atoms with Gasteiger partial charge in [0.2, 0.25) is 0 Å². The Morgan fingerprint density at radius 3 is 0.944 bits per heavy atom. The maximum atomic E-state index is 14.8. The Morgan fingerprint density at radius 1 is 0.389 bits per heavy atom. The van der Waals surface area contributed by atoms with Crippen molar-refractivity contribution in [1.82, 2.24) is 0 Å². The maximum Gasteiger partial charge on any atom is 0.174 e. The molecule has 0 aromatic heterocycles. The Hall–Kier alpha value is -5.29. The predicted octanol–water partition coefficient (Wildman–Crippen LogP) is 7.89. The summed E-state index contributed by atoms with van der Waals surface area (Å²) in [6, 6.07) is 47.7. The van der Waals surface area contributed by atoms with E-state index >= 15 is 0 Å². The SMILES string of the molecule is O=C(CCC(=O)c1ccccc1C(O)P(=O)(c1ccccc1)c1ccccc1)CCC(=O)c1ccccc1C(O)P(=O)(c1ccccc1)c1ccccc1. The highest BCUT2D eigenvalue weighted by Crippen LogP contribution is 2.57. The number of carbonyl (C=O) groups excluding carboxylic acids is 3. The van der Waals surface area contributed by atoms with E-state index in [1.165, 1.54) is 0 Å². The number of aliphatic hydroxyl groups is 2. The lowest BCUT2D eigenvalue weighted by Gasteiger charge is -2.26. The fraction of sp³-hybridized carbons (Fsp3) is 0.133. The van der Waals surface area contributed by atoms with Crippen LogP contribution < -0.4 is 21.2 Å². The van der Waals surface area contributed by atoms with Gasteiger partial charge in [-0.3, -0.25) is 14.4 Å². The van der Waals surface area contributed by atoms with Gasteiger partial charge in [0.1, 0.15) is 17.5 Å². The van der Waals surface area contributed by atoms with Gasteiger partial charge in [-0.1, -0.05) is 170 Å². The highest BCUT2D eigenvalue weighted by atomic mass is 31.2. The van der Waals surface area contributed by atoms with Crippen molar-refractivity contribution in [2.24, 2.45) is 0 Å². The second-order valence-electron chi connectivity index (χ2n) is 13.0. The van der Waals surface area contributed by atoms with Crippen molar-refractivity contribution in [2.45, 2.75) is 37.4 Å². The molecule has 0 aliphatic rings. The molecule has 0 spiro atoms. The minimum atomic E-state index is -3.69. The predicted molar refractivity (Wildman–Crippen MR) is 214 cm³/mol. The van der Waals surface area contributed by atoms with Crippen molar-refractivity contribution in [3.8, 4) is 0 Å². The summed E-state index contributed by atoms with van der Waals surface area (Å²) in [4.78, 5) is 40.3. The highest BCUT2D eigenvalue weighted by Gasteiger charge is 2.39. The van der Waals surface area contributed by atoms with Crippen LogP contribution >= 0.6 is 14.3 Å². The van der Waals surface area contributed by atoms with Crippen LogP contribution in [-0.2, 0) is 13.9 Å². The van der Waals surface area contributed by atoms with E-state index in [-0.39, 0.29) is 53.7 Å². The minimum absolute atomic E-state index is 0.146. The van der Waals surface area contributed by atoms with E-state index in [4.69, 9.17) is 0 Å². The van der Waals surface area contributed by atoms with E-state index < -0.39 is 37.5 Å². The van der Waals surface area contributed by atoms with Crippen molar-refractivity contribution in [3.63, 3.8) is 0 Å². The lowest BCUT2D eigenvalue weighted by atomic mass is 9.97. The first-order valence-electron chi connectivity index (χ1n) is 17.7. The Balaban J connectivity index is 1.16. The first-order chi connectivity index (χ1) is 26.2. The molecule has 6 aromatic rings. The van der Waals surface area contributed by atoms with Crippen LogP contribution in [-0.4, -0.2) is 27.6 Å². The molecular formula is C45H40O7P2. The molecule has 0 bridgehead atoms. The number of benzene rings is 6.